The number of nitrogens with zero attached hydrogens (tertiary/aromatic N) is 3. The molecular formula is C50H44ClN5O7S2. The summed E-state index contributed by atoms with van der Waals surface area (Å²) in [5.74, 6) is -2.52. The van der Waals surface area contributed by atoms with Crippen LogP contribution in [0.15, 0.2) is 173 Å². The van der Waals surface area contributed by atoms with Crippen molar-refractivity contribution in [1.29, 1.82) is 0 Å². The topological polar surface area (TPSA) is 149 Å². The van der Waals surface area contributed by atoms with Crippen molar-refractivity contribution in [3.8, 4) is 0 Å². The number of esters is 1. The summed E-state index contributed by atoms with van der Waals surface area (Å²) in [7, 11) is -1.75. The first-order valence-electron chi connectivity index (χ1n) is 21.2. The number of halogens is 1. The number of anilines is 1. The average Bonchev–Trinajstić information content (AvgIpc) is 3.83. The van der Waals surface area contributed by atoms with Crippen LogP contribution in [0.2, 0.25) is 0 Å². The second kappa shape index (κ2) is 19.7. The van der Waals surface area contributed by atoms with Crippen LogP contribution in [0, 0.1) is 0 Å². The van der Waals surface area contributed by atoms with E-state index in [0.29, 0.717) is 23.7 Å². The Hall–Kier alpha value is -6.45. The smallest absolute Gasteiger partial charge is 0.356 e. The van der Waals surface area contributed by atoms with Crippen LogP contribution < -0.4 is 10.6 Å². The number of amides is 2. The SMILES string of the molecule is O=C(NC1C(=O)N2C(C(=O)OC(c3ccccc3)c3ccccc3)=C(CCl)CS(=O)[C@H]12)C(=NOC1CCCCO1)c1csc(NC(c2ccccc2)(c2ccccc2)c2ccccc2)n1. The summed E-state index contributed by atoms with van der Waals surface area (Å²) in [6.45, 7) is 0.479. The molecule has 4 heterocycles. The second-order valence-electron chi connectivity index (χ2n) is 15.6. The summed E-state index contributed by atoms with van der Waals surface area (Å²) in [5, 5.41) is 11.9. The van der Waals surface area contributed by atoms with E-state index < -0.39 is 57.9 Å². The monoisotopic (exact) mass is 925 g/mol. The van der Waals surface area contributed by atoms with E-state index in [1.807, 2.05) is 115 Å². The van der Waals surface area contributed by atoms with E-state index in [9.17, 15) is 18.6 Å². The Bertz CT molecular complexity index is 2580. The molecule has 0 saturated carbocycles. The molecule has 0 aliphatic carbocycles. The van der Waals surface area contributed by atoms with Crippen molar-refractivity contribution in [1.82, 2.24) is 15.2 Å². The molecule has 5 aromatic carbocycles. The minimum atomic E-state index is -1.75. The summed E-state index contributed by atoms with van der Waals surface area (Å²) in [6, 6.07) is 47.3. The van der Waals surface area contributed by atoms with E-state index in [0.717, 1.165) is 45.6 Å². The van der Waals surface area contributed by atoms with Crippen molar-refractivity contribution in [3.63, 3.8) is 0 Å². The molecule has 15 heteroatoms. The number of rotatable bonds is 15. The average molecular weight is 927 g/mol. The van der Waals surface area contributed by atoms with Gasteiger partial charge in [-0.15, -0.1) is 22.9 Å². The van der Waals surface area contributed by atoms with Gasteiger partial charge in [0.2, 0.25) is 6.29 Å². The molecule has 65 heavy (non-hydrogen) atoms. The van der Waals surface area contributed by atoms with Gasteiger partial charge in [0.05, 0.1) is 23.2 Å². The van der Waals surface area contributed by atoms with Gasteiger partial charge in [-0.2, -0.15) is 0 Å². The Labute approximate surface area is 387 Å². The van der Waals surface area contributed by atoms with Crippen molar-refractivity contribution in [3.05, 3.63) is 202 Å². The van der Waals surface area contributed by atoms with Crippen LogP contribution in [0.1, 0.15) is 58.9 Å². The number of β-lactam (4-membered cyclic amide) rings is 1. The summed E-state index contributed by atoms with van der Waals surface area (Å²) < 4.78 is 25.8. The second-order valence-corrected chi connectivity index (χ2v) is 18.3. The third kappa shape index (κ3) is 8.99. The largest absolute Gasteiger partial charge is 0.448 e. The molecular weight excluding hydrogens is 882 g/mol. The van der Waals surface area contributed by atoms with E-state index >= 15 is 0 Å². The van der Waals surface area contributed by atoms with Gasteiger partial charge >= 0.3 is 5.97 Å². The Morgan fingerprint density at radius 1 is 0.846 bits per heavy atom. The van der Waals surface area contributed by atoms with E-state index in [-0.39, 0.29) is 28.7 Å². The fourth-order valence-electron chi connectivity index (χ4n) is 8.39. The highest BCUT2D eigenvalue weighted by Gasteiger charge is 2.58. The lowest BCUT2D eigenvalue weighted by Gasteiger charge is -2.49. The lowest BCUT2D eigenvalue weighted by molar-refractivity contribution is -0.162. The molecule has 6 aromatic rings. The number of aromatic nitrogens is 1. The zero-order valence-electron chi connectivity index (χ0n) is 35.0. The van der Waals surface area contributed by atoms with Crippen molar-refractivity contribution in [2.75, 3.05) is 23.6 Å². The highest BCUT2D eigenvalue weighted by molar-refractivity contribution is 7.86. The van der Waals surface area contributed by atoms with Gasteiger partial charge in [-0.05, 0) is 46.2 Å². The maximum atomic E-state index is 14.5. The lowest BCUT2D eigenvalue weighted by Crippen LogP contribution is -2.74. The van der Waals surface area contributed by atoms with Gasteiger partial charge in [-0.3, -0.25) is 18.7 Å². The Kier molecular flexibility index (Phi) is 13.3. The normalized spacial score (nSPS) is 19.8. The molecule has 0 bridgehead atoms. The molecule has 2 N–H and O–H groups in total. The van der Waals surface area contributed by atoms with Crippen LogP contribution in [0.25, 0.3) is 0 Å². The molecule has 330 valence electrons. The van der Waals surface area contributed by atoms with E-state index in [1.54, 1.807) is 5.38 Å². The van der Waals surface area contributed by atoms with Crippen LogP contribution in [-0.4, -0.2) is 73.5 Å². The van der Waals surface area contributed by atoms with E-state index in [4.69, 9.17) is 30.9 Å². The maximum absolute atomic E-state index is 14.5. The van der Waals surface area contributed by atoms with Crippen LogP contribution >= 0.6 is 22.9 Å². The highest BCUT2D eigenvalue weighted by Crippen LogP contribution is 2.41. The number of ether oxygens (including phenoxy) is 2. The minimum absolute atomic E-state index is 0.0856. The number of benzene rings is 5. The fraction of sp³-hybridized carbons (Fsp3) is 0.220. The number of nitrogens with one attached hydrogen (secondary N) is 2. The molecule has 2 amide bonds. The Morgan fingerprint density at radius 3 is 1.92 bits per heavy atom. The third-order valence-corrected chi connectivity index (χ3v) is 14.3. The Morgan fingerprint density at radius 2 is 1.40 bits per heavy atom. The number of carbonyl (C=O) groups excluding carboxylic acids is 3. The Balaban J connectivity index is 1.01. The molecule has 3 unspecified atom stereocenters. The van der Waals surface area contributed by atoms with Gasteiger partial charge in [0.15, 0.2) is 16.9 Å². The van der Waals surface area contributed by atoms with Crippen molar-refractivity contribution < 1.29 is 32.9 Å². The number of carbonyl (C=O) groups is 3. The molecule has 0 radical (unpaired) electrons. The third-order valence-electron chi connectivity index (χ3n) is 11.6. The van der Waals surface area contributed by atoms with Gasteiger partial charge in [-0.1, -0.05) is 157 Å². The first-order valence-corrected chi connectivity index (χ1v) is 24.0. The minimum Gasteiger partial charge on any atom is -0.448 e. The number of alkyl halides is 1. The molecule has 2 saturated heterocycles. The van der Waals surface area contributed by atoms with Crippen molar-refractivity contribution >= 4 is 62.4 Å². The molecule has 1 aromatic heterocycles. The number of fused-ring (bicyclic) bond motifs is 1. The fourth-order valence-corrected chi connectivity index (χ4v) is 11.2. The number of hydrogen-bond donors (Lipinski definition) is 2. The summed E-state index contributed by atoms with van der Waals surface area (Å²) in [4.78, 5) is 54.8. The van der Waals surface area contributed by atoms with E-state index in [1.165, 1.54) is 11.3 Å². The summed E-state index contributed by atoms with van der Waals surface area (Å²) in [5.41, 5.74) is 3.56. The molecule has 0 spiro atoms. The van der Waals surface area contributed by atoms with Gasteiger partial charge < -0.3 is 24.9 Å². The van der Waals surface area contributed by atoms with Crippen LogP contribution in [0.4, 0.5) is 5.13 Å². The molecule has 9 rings (SSSR count). The predicted molar refractivity (Wildman–Crippen MR) is 250 cm³/mol. The lowest BCUT2D eigenvalue weighted by atomic mass is 9.77. The molecule has 3 aliphatic rings. The van der Waals surface area contributed by atoms with Crippen molar-refractivity contribution in [2.24, 2.45) is 5.16 Å². The van der Waals surface area contributed by atoms with Gasteiger partial charge in [0, 0.05) is 17.7 Å². The van der Waals surface area contributed by atoms with Crippen LogP contribution in [0.5, 0.6) is 0 Å². The maximum Gasteiger partial charge on any atom is 0.356 e. The number of hydrogen-bond acceptors (Lipinski definition) is 11. The van der Waals surface area contributed by atoms with E-state index in [2.05, 4.69) is 52.2 Å². The standard InChI is InChI=1S/C50H44ClN5O7S2/c51-30-35-32-65(60)47-42(46(58)56(47)43(35)48(59)62-44(33-18-6-1-7-19-33)34-20-8-2-9-21-34)53-45(57)41(55-63-40-28-16-17-29-61-40)39-31-64-49(52-39)54-50(36-22-10-3-11-23-36,37-24-12-4-13-25-37)38-26-14-5-15-27-38/h1-15,18-27,31,40,42,44,47H,16-17,28-30,32H2,(H,52,54)(H,53,57)/t40?,42?,47-,65?/m1/s1. The first kappa shape index (κ1) is 43.8. The molecule has 2 fully saturated rings. The predicted octanol–water partition coefficient (Wildman–Crippen LogP) is 8.04. The van der Waals surface area contributed by atoms with Gasteiger partial charge in [0.1, 0.15) is 28.3 Å². The van der Waals surface area contributed by atoms with Gasteiger partial charge in [0.25, 0.3) is 11.8 Å². The quantitative estimate of drug-likeness (QED) is 0.0261. The van der Waals surface area contributed by atoms with Crippen molar-refractivity contribution in [2.45, 2.75) is 48.6 Å². The van der Waals surface area contributed by atoms with Crippen LogP contribution in [0.3, 0.4) is 0 Å². The van der Waals surface area contributed by atoms with Gasteiger partial charge in [-0.25, -0.2) is 9.78 Å². The molecule has 4 atom stereocenters. The highest BCUT2D eigenvalue weighted by atomic mass is 35.5. The first-order chi connectivity index (χ1) is 31.9. The summed E-state index contributed by atoms with van der Waals surface area (Å²) in [6.07, 6.45) is 0.787. The van der Waals surface area contributed by atoms with Crippen LogP contribution in [-0.2, 0) is 45.0 Å². The molecule has 3 aliphatic heterocycles. The number of thiazole rings is 1. The molecule has 12 nitrogen and oxygen atoms in total. The number of oxime groups is 1. The summed E-state index contributed by atoms with van der Waals surface area (Å²) >= 11 is 7.63. The zero-order chi connectivity index (χ0) is 44.8. The zero-order valence-corrected chi connectivity index (χ0v) is 37.3.